The summed E-state index contributed by atoms with van der Waals surface area (Å²) in [5.41, 5.74) is 0. The highest BCUT2D eigenvalue weighted by molar-refractivity contribution is 5.86. The van der Waals surface area contributed by atoms with Gasteiger partial charge in [-0.3, -0.25) is 9.59 Å². The molecule has 0 saturated carbocycles. The number of rotatable bonds is 3. The third-order valence-electron chi connectivity index (χ3n) is 3.68. The number of allylic oxidation sites excluding steroid dienone is 1. The molecule has 1 heterocycles. The molecule has 4 heteroatoms. The standard InChI is InChI=1S/C14H22N2O2/c17-13(16-12-7-2-1-3-8-12)10-11-6-4-5-9-15-14(11)18/h2,7,11-12H,1,3-6,8-10H2,(H,15,18)(H,16,17). The number of hydrogen-bond acceptors (Lipinski definition) is 2. The molecular weight excluding hydrogens is 228 g/mol. The molecule has 2 rings (SSSR count). The lowest BCUT2D eigenvalue weighted by Gasteiger charge is -2.19. The summed E-state index contributed by atoms with van der Waals surface area (Å²) in [5.74, 6) is -0.0875. The van der Waals surface area contributed by atoms with Gasteiger partial charge in [0.2, 0.25) is 11.8 Å². The number of carbonyl (C=O) groups excluding carboxylic acids is 2. The molecule has 1 aliphatic carbocycles. The van der Waals surface area contributed by atoms with Crippen molar-refractivity contribution >= 4 is 11.8 Å². The molecule has 100 valence electrons. The zero-order valence-corrected chi connectivity index (χ0v) is 10.8. The fraction of sp³-hybridized carbons (Fsp3) is 0.714. The number of nitrogens with one attached hydrogen (secondary N) is 2. The minimum Gasteiger partial charge on any atom is -0.356 e. The van der Waals surface area contributed by atoms with Crippen LogP contribution in [-0.2, 0) is 9.59 Å². The fourth-order valence-electron chi connectivity index (χ4n) is 2.62. The Kier molecular flexibility index (Phi) is 4.79. The van der Waals surface area contributed by atoms with Gasteiger partial charge in [-0.2, -0.15) is 0 Å². The van der Waals surface area contributed by atoms with Gasteiger partial charge in [0.25, 0.3) is 0 Å². The fourth-order valence-corrected chi connectivity index (χ4v) is 2.62. The first-order valence-corrected chi connectivity index (χ1v) is 6.99. The Morgan fingerprint density at radius 2 is 2.22 bits per heavy atom. The van der Waals surface area contributed by atoms with Gasteiger partial charge in [0.15, 0.2) is 0 Å². The van der Waals surface area contributed by atoms with Crippen molar-refractivity contribution < 1.29 is 9.59 Å². The molecule has 2 atom stereocenters. The SMILES string of the molecule is O=C(CC1CCCCNC1=O)NC1C=CCCC1. The quantitative estimate of drug-likeness (QED) is 0.746. The Hall–Kier alpha value is -1.32. The molecule has 0 radical (unpaired) electrons. The van der Waals surface area contributed by atoms with Crippen LogP contribution in [0.25, 0.3) is 0 Å². The minimum atomic E-state index is -0.139. The highest BCUT2D eigenvalue weighted by atomic mass is 16.2. The molecule has 1 saturated heterocycles. The summed E-state index contributed by atoms with van der Waals surface area (Å²) in [5, 5.41) is 5.87. The summed E-state index contributed by atoms with van der Waals surface area (Å²) in [4.78, 5) is 23.6. The van der Waals surface area contributed by atoms with Crippen molar-refractivity contribution in [3.05, 3.63) is 12.2 Å². The van der Waals surface area contributed by atoms with E-state index in [0.29, 0.717) is 6.42 Å². The maximum absolute atomic E-state index is 11.9. The summed E-state index contributed by atoms with van der Waals surface area (Å²) in [6, 6.07) is 0.167. The van der Waals surface area contributed by atoms with Crippen LogP contribution >= 0.6 is 0 Å². The molecule has 2 unspecified atom stereocenters. The van der Waals surface area contributed by atoms with Gasteiger partial charge in [-0.25, -0.2) is 0 Å². The monoisotopic (exact) mass is 250 g/mol. The zero-order chi connectivity index (χ0) is 12.8. The number of carbonyl (C=O) groups is 2. The minimum absolute atomic E-state index is 0.00796. The maximum Gasteiger partial charge on any atom is 0.223 e. The van der Waals surface area contributed by atoms with Gasteiger partial charge in [-0.15, -0.1) is 0 Å². The smallest absolute Gasteiger partial charge is 0.223 e. The van der Waals surface area contributed by atoms with Crippen molar-refractivity contribution in [2.45, 2.75) is 51.0 Å². The zero-order valence-electron chi connectivity index (χ0n) is 10.8. The summed E-state index contributed by atoms with van der Waals surface area (Å²) >= 11 is 0. The first-order chi connectivity index (χ1) is 8.75. The predicted molar refractivity (Wildman–Crippen MR) is 69.9 cm³/mol. The highest BCUT2D eigenvalue weighted by Crippen LogP contribution is 2.17. The Labute approximate surface area is 108 Å². The second kappa shape index (κ2) is 6.57. The van der Waals surface area contributed by atoms with Crippen LogP contribution in [0.4, 0.5) is 0 Å². The first-order valence-electron chi connectivity index (χ1n) is 6.99. The third-order valence-corrected chi connectivity index (χ3v) is 3.68. The van der Waals surface area contributed by atoms with Crippen molar-refractivity contribution in [3.8, 4) is 0 Å². The van der Waals surface area contributed by atoms with Crippen molar-refractivity contribution in [1.29, 1.82) is 0 Å². The van der Waals surface area contributed by atoms with Crippen LogP contribution in [0.5, 0.6) is 0 Å². The molecule has 0 bridgehead atoms. The molecule has 18 heavy (non-hydrogen) atoms. The van der Waals surface area contributed by atoms with E-state index in [1.807, 2.05) is 0 Å². The normalized spacial score (nSPS) is 28.3. The molecular formula is C14H22N2O2. The lowest BCUT2D eigenvalue weighted by molar-refractivity contribution is -0.130. The van der Waals surface area contributed by atoms with Crippen LogP contribution in [0.1, 0.15) is 44.9 Å². The second-order valence-corrected chi connectivity index (χ2v) is 5.22. The van der Waals surface area contributed by atoms with Crippen molar-refractivity contribution in [3.63, 3.8) is 0 Å². The van der Waals surface area contributed by atoms with Crippen molar-refractivity contribution in [1.82, 2.24) is 10.6 Å². The number of hydrogen-bond donors (Lipinski definition) is 2. The molecule has 2 amide bonds. The molecule has 1 aliphatic heterocycles. The Balaban J connectivity index is 1.80. The molecule has 2 aliphatic rings. The molecule has 1 fully saturated rings. The topological polar surface area (TPSA) is 58.2 Å². The van der Waals surface area contributed by atoms with Gasteiger partial charge in [-0.05, 0) is 32.1 Å². The van der Waals surface area contributed by atoms with Crippen molar-refractivity contribution in [2.75, 3.05) is 6.54 Å². The van der Waals surface area contributed by atoms with E-state index in [1.54, 1.807) is 0 Å². The highest BCUT2D eigenvalue weighted by Gasteiger charge is 2.24. The predicted octanol–water partition coefficient (Wildman–Crippen LogP) is 1.52. The summed E-state index contributed by atoms with van der Waals surface area (Å²) in [6.07, 6.45) is 10.6. The Morgan fingerprint density at radius 1 is 1.33 bits per heavy atom. The van der Waals surface area contributed by atoms with E-state index in [2.05, 4.69) is 22.8 Å². The van der Waals surface area contributed by atoms with E-state index < -0.39 is 0 Å². The maximum atomic E-state index is 11.9. The van der Waals surface area contributed by atoms with Gasteiger partial charge in [0.1, 0.15) is 0 Å². The van der Waals surface area contributed by atoms with Gasteiger partial charge in [0, 0.05) is 24.9 Å². The summed E-state index contributed by atoms with van der Waals surface area (Å²) in [6.45, 7) is 0.752. The van der Waals surface area contributed by atoms with Crippen LogP contribution in [0.3, 0.4) is 0 Å². The summed E-state index contributed by atoms with van der Waals surface area (Å²) in [7, 11) is 0. The molecule has 0 aromatic rings. The average Bonchev–Trinajstić information content (AvgIpc) is 2.56. The van der Waals surface area contributed by atoms with Gasteiger partial charge in [-0.1, -0.05) is 18.6 Å². The van der Waals surface area contributed by atoms with E-state index in [4.69, 9.17) is 0 Å². The first kappa shape index (κ1) is 13.1. The summed E-state index contributed by atoms with van der Waals surface area (Å²) < 4.78 is 0. The van der Waals surface area contributed by atoms with E-state index in [-0.39, 0.29) is 23.8 Å². The lowest BCUT2D eigenvalue weighted by Crippen LogP contribution is -2.38. The Morgan fingerprint density at radius 3 is 3.00 bits per heavy atom. The van der Waals surface area contributed by atoms with Crippen LogP contribution in [0.2, 0.25) is 0 Å². The van der Waals surface area contributed by atoms with E-state index in [0.717, 1.165) is 45.1 Å². The molecule has 4 nitrogen and oxygen atoms in total. The van der Waals surface area contributed by atoms with Gasteiger partial charge in [0.05, 0.1) is 0 Å². The third kappa shape index (κ3) is 3.86. The number of amides is 2. The van der Waals surface area contributed by atoms with Crippen LogP contribution in [0.15, 0.2) is 12.2 Å². The van der Waals surface area contributed by atoms with E-state index >= 15 is 0 Å². The molecule has 0 aromatic carbocycles. The van der Waals surface area contributed by atoms with E-state index in [9.17, 15) is 9.59 Å². The average molecular weight is 250 g/mol. The van der Waals surface area contributed by atoms with Crippen LogP contribution in [-0.4, -0.2) is 24.4 Å². The lowest BCUT2D eigenvalue weighted by atomic mass is 9.97. The largest absolute Gasteiger partial charge is 0.356 e. The molecule has 0 spiro atoms. The van der Waals surface area contributed by atoms with E-state index in [1.165, 1.54) is 0 Å². The second-order valence-electron chi connectivity index (χ2n) is 5.22. The van der Waals surface area contributed by atoms with Crippen LogP contribution < -0.4 is 10.6 Å². The molecule has 0 aromatic heterocycles. The van der Waals surface area contributed by atoms with Crippen LogP contribution in [0, 0.1) is 5.92 Å². The van der Waals surface area contributed by atoms with Gasteiger partial charge >= 0.3 is 0 Å². The van der Waals surface area contributed by atoms with Crippen molar-refractivity contribution in [2.24, 2.45) is 5.92 Å². The van der Waals surface area contributed by atoms with Gasteiger partial charge < -0.3 is 10.6 Å². The Bertz CT molecular complexity index is 339. The molecule has 2 N–H and O–H groups in total.